The van der Waals surface area contributed by atoms with E-state index in [1.165, 1.54) is 18.5 Å². The third-order valence-electron chi connectivity index (χ3n) is 2.76. The van der Waals surface area contributed by atoms with Gasteiger partial charge in [0.25, 0.3) is 0 Å². The Morgan fingerprint density at radius 2 is 2.11 bits per heavy atom. The van der Waals surface area contributed by atoms with Crippen molar-refractivity contribution in [1.29, 1.82) is 0 Å². The van der Waals surface area contributed by atoms with Crippen LogP contribution in [0.4, 0.5) is 4.39 Å². The Morgan fingerprint density at radius 3 is 2.83 bits per heavy atom. The van der Waals surface area contributed by atoms with E-state index in [1.54, 1.807) is 18.2 Å². The average Bonchev–Trinajstić information content (AvgIpc) is 2.95. The molecule has 0 radical (unpaired) electrons. The molecule has 0 bridgehead atoms. The minimum absolute atomic E-state index is 0.285. The Kier molecular flexibility index (Phi) is 2.56. The molecular weight excluding hydrogens is 301 g/mol. The number of nitrogens with one attached hydrogen (secondary N) is 1. The van der Waals surface area contributed by atoms with E-state index < -0.39 is 5.82 Å². The lowest BCUT2D eigenvalue weighted by Gasteiger charge is -1.98. The lowest BCUT2D eigenvalue weighted by Crippen LogP contribution is -2.00. The molecule has 1 aromatic carbocycles. The van der Waals surface area contributed by atoms with Gasteiger partial charge in [-0.2, -0.15) is 0 Å². The number of carbonyl (C=O) groups is 1. The van der Waals surface area contributed by atoms with Gasteiger partial charge in [0.15, 0.2) is 10.5 Å². The highest BCUT2D eigenvalue weighted by Gasteiger charge is 2.20. The predicted molar refractivity (Wildman–Crippen MR) is 68.1 cm³/mol. The van der Waals surface area contributed by atoms with E-state index >= 15 is 0 Å². The Morgan fingerprint density at radius 1 is 1.28 bits per heavy atom. The SMILES string of the molecule is O=C(c1ccoc1Br)c1c[nH]c2cccc(F)c12. The second-order valence-corrected chi connectivity index (χ2v) is 4.52. The number of furan rings is 1. The highest BCUT2D eigenvalue weighted by molar-refractivity contribution is 9.10. The van der Waals surface area contributed by atoms with Crippen LogP contribution in [0.2, 0.25) is 0 Å². The first-order valence-corrected chi connectivity index (χ1v) is 6.01. The highest BCUT2D eigenvalue weighted by Crippen LogP contribution is 2.27. The van der Waals surface area contributed by atoms with Gasteiger partial charge in [-0.25, -0.2) is 4.39 Å². The Bertz CT molecular complexity index is 744. The summed E-state index contributed by atoms with van der Waals surface area (Å²) in [5, 5.41) is 0.301. The molecule has 0 aliphatic heterocycles. The largest absolute Gasteiger partial charge is 0.457 e. The third-order valence-corrected chi connectivity index (χ3v) is 3.38. The number of carbonyl (C=O) groups excluding carboxylic acids is 1. The molecule has 0 saturated heterocycles. The fraction of sp³-hybridized carbons (Fsp3) is 0. The molecule has 2 aromatic heterocycles. The fourth-order valence-corrected chi connectivity index (χ4v) is 2.34. The maximum Gasteiger partial charge on any atom is 0.199 e. The van der Waals surface area contributed by atoms with Gasteiger partial charge in [0.05, 0.1) is 17.4 Å². The number of aromatic amines is 1. The zero-order valence-corrected chi connectivity index (χ0v) is 10.6. The first-order valence-electron chi connectivity index (χ1n) is 5.22. The minimum atomic E-state index is -0.420. The summed E-state index contributed by atoms with van der Waals surface area (Å²) in [6.07, 6.45) is 2.91. The van der Waals surface area contributed by atoms with Crippen molar-refractivity contribution in [3.8, 4) is 0 Å². The van der Waals surface area contributed by atoms with Crippen LogP contribution in [0.25, 0.3) is 10.9 Å². The van der Waals surface area contributed by atoms with E-state index in [2.05, 4.69) is 20.9 Å². The van der Waals surface area contributed by atoms with Crippen molar-refractivity contribution in [1.82, 2.24) is 4.98 Å². The van der Waals surface area contributed by atoms with Crippen LogP contribution >= 0.6 is 15.9 Å². The summed E-state index contributed by atoms with van der Waals surface area (Å²) >= 11 is 3.14. The van der Waals surface area contributed by atoms with Gasteiger partial charge in [0.1, 0.15) is 5.82 Å². The number of hydrogen-bond donors (Lipinski definition) is 1. The lowest BCUT2D eigenvalue weighted by molar-refractivity contribution is 0.103. The molecule has 3 aromatic rings. The average molecular weight is 308 g/mol. The second kappa shape index (κ2) is 4.10. The first kappa shape index (κ1) is 11.2. The molecular formula is C13H7BrFNO2. The normalized spacial score (nSPS) is 11.0. The van der Waals surface area contributed by atoms with E-state index in [-0.39, 0.29) is 5.78 Å². The van der Waals surface area contributed by atoms with Gasteiger partial charge in [0.2, 0.25) is 0 Å². The number of fused-ring (bicyclic) bond motifs is 1. The van der Waals surface area contributed by atoms with Crippen LogP contribution < -0.4 is 0 Å². The molecule has 0 saturated carbocycles. The molecule has 0 aliphatic carbocycles. The summed E-state index contributed by atoms with van der Waals surface area (Å²) in [7, 11) is 0. The van der Waals surface area contributed by atoms with Gasteiger partial charge in [-0.05, 0) is 34.1 Å². The second-order valence-electron chi connectivity index (χ2n) is 3.80. The van der Waals surface area contributed by atoms with E-state index in [9.17, 15) is 9.18 Å². The summed E-state index contributed by atoms with van der Waals surface area (Å²) in [6.45, 7) is 0. The van der Waals surface area contributed by atoms with Crippen LogP contribution in [0.5, 0.6) is 0 Å². The molecule has 90 valence electrons. The monoisotopic (exact) mass is 307 g/mol. The van der Waals surface area contributed by atoms with Crippen molar-refractivity contribution >= 4 is 32.6 Å². The molecule has 1 N–H and O–H groups in total. The third kappa shape index (κ3) is 1.59. The van der Waals surface area contributed by atoms with Gasteiger partial charge < -0.3 is 9.40 Å². The number of benzene rings is 1. The zero-order valence-electron chi connectivity index (χ0n) is 9.04. The van der Waals surface area contributed by atoms with Crippen LogP contribution in [-0.2, 0) is 0 Å². The van der Waals surface area contributed by atoms with Crippen molar-refractivity contribution < 1.29 is 13.6 Å². The van der Waals surface area contributed by atoms with Gasteiger partial charge in [-0.15, -0.1) is 0 Å². The molecule has 18 heavy (non-hydrogen) atoms. The maximum atomic E-state index is 13.8. The smallest absolute Gasteiger partial charge is 0.199 e. The molecule has 0 fully saturated rings. The molecule has 0 spiro atoms. The van der Waals surface area contributed by atoms with Crippen LogP contribution in [-0.4, -0.2) is 10.8 Å². The van der Waals surface area contributed by atoms with Crippen molar-refractivity contribution in [3.05, 3.63) is 58.3 Å². The molecule has 3 nitrogen and oxygen atoms in total. The Hall–Kier alpha value is -1.88. The Labute approximate surface area is 110 Å². The summed E-state index contributed by atoms with van der Waals surface area (Å²) in [4.78, 5) is 15.2. The topological polar surface area (TPSA) is 46.0 Å². The number of rotatable bonds is 2. The molecule has 2 heterocycles. The Balaban J connectivity index is 2.22. The lowest BCUT2D eigenvalue weighted by atomic mass is 10.1. The van der Waals surface area contributed by atoms with Crippen molar-refractivity contribution in [2.24, 2.45) is 0 Å². The first-order chi connectivity index (χ1) is 8.68. The standard InChI is InChI=1S/C13H7BrFNO2/c14-13-7(4-5-18-13)12(17)8-6-16-10-3-1-2-9(15)11(8)10/h1-6,16H. The number of aromatic nitrogens is 1. The van der Waals surface area contributed by atoms with Crippen molar-refractivity contribution in [2.45, 2.75) is 0 Å². The van der Waals surface area contributed by atoms with Crippen molar-refractivity contribution in [3.63, 3.8) is 0 Å². The fourth-order valence-electron chi connectivity index (χ4n) is 1.92. The van der Waals surface area contributed by atoms with Gasteiger partial charge >= 0.3 is 0 Å². The quantitative estimate of drug-likeness (QED) is 0.730. The van der Waals surface area contributed by atoms with E-state index in [0.717, 1.165) is 0 Å². The predicted octanol–water partition coefficient (Wildman–Crippen LogP) is 3.89. The number of halogens is 2. The summed E-state index contributed by atoms with van der Waals surface area (Å²) in [5.41, 5.74) is 1.27. The summed E-state index contributed by atoms with van der Waals surface area (Å²) in [5.74, 6) is -0.705. The van der Waals surface area contributed by atoms with Gasteiger partial charge in [-0.1, -0.05) is 6.07 Å². The number of H-pyrrole nitrogens is 1. The minimum Gasteiger partial charge on any atom is -0.457 e. The summed E-state index contributed by atoms with van der Waals surface area (Å²) in [6, 6.07) is 6.19. The van der Waals surface area contributed by atoms with Gasteiger partial charge in [0, 0.05) is 17.1 Å². The zero-order chi connectivity index (χ0) is 12.7. The molecule has 0 aliphatic rings. The number of hydrogen-bond acceptors (Lipinski definition) is 2. The van der Waals surface area contributed by atoms with Crippen LogP contribution in [0.15, 0.2) is 45.8 Å². The van der Waals surface area contributed by atoms with E-state index in [0.29, 0.717) is 26.7 Å². The van der Waals surface area contributed by atoms with Crippen LogP contribution in [0.3, 0.4) is 0 Å². The maximum absolute atomic E-state index is 13.8. The van der Waals surface area contributed by atoms with E-state index in [4.69, 9.17) is 4.42 Å². The molecule has 0 amide bonds. The van der Waals surface area contributed by atoms with Crippen molar-refractivity contribution in [2.75, 3.05) is 0 Å². The molecule has 0 atom stereocenters. The van der Waals surface area contributed by atoms with Crippen LogP contribution in [0, 0.1) is 5.82 Å². The van der Waals surface area contributed by atoms with Gasteiger partial charge in [-0.3, -0.25) is 4.79 Å². The molecule has 5 heteroatoms. The molecule has 3 rings (SSSR count). The number of ketones is 1. The molecule has 0 unspecified atom stereocenters. The van der Waals surface area contributed by atoms with E-state index in [1.807, 2.05) is 0 Å². The van der Waals surface area contributed by atoms with Crippen LogP contribution in [0.1, 0.15) is 15.9 Å². The summed E-state index contributed by atoms with van der Waals surface area (Å²) < 4.78 is 19.1. The highest BCUT2D eigenvalue weighted by atomic mass is 79.9.